The number of rotatable bonds is 7. The summed E-state index contributed by atoms with van der Waals surface area (Å²) in [5, 5.41) is 0. The molecule has 4 atom stereocenters. The Hall–Kier alpha value is 0.137. The van der Waals surface area contributed by atoms with Crippen molar-refractivity contribution in [1.82, 2.24) is 0 Å². The van der Waals surface area contributed by atoms with Crippen LogP contribution in [0.2, 0.25) is 6.04 Å². The Labute approximate surface area is 121 Å². The number of fused-ring (bicyclic) bond motifs is 2. The second-order valence-corrected chi connectivity index (χ2v) is 9.68. The molecule has 0 aromatic carbocycles. The van der Waals surface area contributed by atoms with E-state index in [-0.39, 0.29) is 0 Å². The lowest BCUT2D eigenvalue weighted by atomic mass is 9.87. The second kappa shape index (κ2) is 6.73. The van der Waals surface area contributed by atoms with Gasteiger partial charge in [0, 0.05) is 13.2 Å². The van der Waals surface area contributed by atoms with Gasteiger partial charge in [-0.25, -0.2) is 0 Å². The van der Waals surface area contributed by atoms with Crippen molar-refractivity contribution in [2.45, 2.75) is 65.8 Å². The van der Waals surface area contributed by atoms with Crippen molar-refractivity contribution in [3.63, 3.8) is 0 Å². The molecule has 4 unspecified atom stereocenters. The Morgan fingerprint density at radius 3 is 2.42 bits per heavy atom. The van der Waals surface area contributed by atoms with Crippen molar-refractivity contribution in [3.05, 3.63) is 0 Å². The Morgan fingerprint density at radius 2 is 1.89 bits per heavy atom. The minimum atomic E-state index is -1.44. The first kappa shape index (κ1) is 15.5. The SMILES string of the molecule is CCO[SiH](CC(C)(C)C)OCCC1CC2CCC1C2. The summed E-state index contributed by atoms with van der Waals surface area (Å²) in [6, 6.07) is 1.12. The first-order valence-corrected chi connectivity index (χ1v) is 9.97. The third-order valence-electron chi connectivity index (χ3n) is 4.81. The topological polar surface area (TPSA) is 18.5 Å². The van der Waals surface area contributed by atoms with E-state index in [0.29, 0.717) is 5.41 Å². The first-order valence-electron chi connectivity index (χ1n) is 8.21. The predicted octanol–water partition coefficient (Wildman–Crippen LogP) is 4.13. The van der Waals surface area contributed by atoms with Crippen LogP contribution in [0.15, 0.2) is 0 Å². The fourth-order valence-electron chi connectivity index (χ4n) is 3.93. The summed E-state index contributed by atoms with van der Waals surface area (Å²) in [7, 11) is -1.44. The zero-order valence-electron chi connectivity index (χ0n) is 13.3. The van der Waals surface area contributed by atoms with Gasteiger partial charge in [0.2, 0.25) is 0 Å². The van der Waals surface area contributed by atoms with E-state index in [9.17, 15) is 0 Å². The quantitative estimate of drug-likeness (QED) is 0.654. The van der Waals surface area contributed by atoms with Crippen molar-refractivity contribution in [1.29, 1.82) is 0 Å². The zero-order chi connectivity index (χ0) is 13.9. The van der Waals surface area contributed by atoms with E-state index in [2.05, 4.69) is 27.7 Å². The predicted molar refractivity (Wildman–Crippen MR) is 82.5 cm³/mol. The van der Waals surface area contributed by atoms with Crippen LogP contribution in [-0.4, -0.2) is 22.5 Å². The normalized spacial score (nSPS) is 31.9. The lowest BCUT2D eigenvalue weighted by Crippen LogP contribution is -2.29. The molecule has 2 fully saturated rings. The highest BCUT2D eigenvalue weighted by molar-refractivity contribution is 6.44. The van der Waals surface area contributed by atoms with Gasteiger partial charge in [-0.15, -0.1) is 0 Å². The van der Waals surface area contributed by atoms with E-state index in [1.807, 2.05) is 0 Å². The Balaban J connectivity index is 1.67. The molecule has 0 aliphatic heterocycles. The molecule has 2 aliphatic rings. The largest absolute Gasteiger partial charge is 0.397 e. The Kier molecular flexibility index (Phi) is 5.50. The van der Waals surface area contributed by atoms with Gasteiger partial charge in [-0.2, -0.15) is 0 Å². The van der Waals surface area contributed by atoms with Crippen LogP contribution in [0.1, 0.15) is 59.8 Å². The molecule has 2 bridgehead atoms. The molecule has 0 amide bonds. The molecule has 19 heavy (non-hydrogen) atoms. The van der Waals surface area contributed by atoms with Crippen LogP contribution in [0.4, 0.5) is 0 Å². The highest BCUT2D eigenvalue weighted by Crippen LogP contribution is 2.49. The molecule has 0 saturated heterocycles. The third kappa shape index (κ3) is 4.87. The molecule has 0 aromatic rings. The third-order valence-corrected chi connectivity index (χ3v) is 7.68. The average Bonchev–Trinajstić information content (AvgIpc) is 2.89. The maximum absolute atomic E-state index is 6.14. The smallest absolute Gasteiger partial charge is 0.321 e. The van der Waals surface area contributed by atoms with Crippen LogP contribution in [0, 0.1) is 23.2 Å². The van der Waals surface area contributed by atoms with Crippen molar-refractivity contribution in [2.75, 3.05) is 13.2 Å². The van der Waals surface area contributed by atoms with Gasteiger partial charge in [0.1, 0.15) is 0 Å². The summed E-state index contributed by atoms with van der Waals surface area (Å²) in [5.41, 5.74) is 0.332. The second-order valence-electron chi connectivity index (χ2n) is 7.74. The van der Waals surface area contributed by atoms with E-state index < -0.39 is 9.28 Å². The van der Waals surface area contributed by atoms with E-state index in [1.165, 1.54) is 32.1 Å². The van der Waals surface area contributed by atoms with Crippen molar-refractivity contribution < 1.29 is 8.85 Å². The first-order chi connectivity index (χ1) is 8.98. The molecule has 0 spiro atoms. The number of hydrogen-bond acceptors (Lipinski definition) is 2. The summed E-state index contributed by atoms with van der Waals surface area (Å²) in [4.78, 5) is 0. The van der Waals surface area contributed by atoms with Gasteiger partial charge < -0.3 is 8.85 Å². The molecule has 2 nitrogen and oxygen atoms in total. The van der Waals surface area contributed by atoms with Gasteiger partial charge in [-0.05, 0) is 61.8 Å². The van der Waals surface area contributed by atoms with Gasteiger partial charge >= 0.3 is 9.28 Å². The lowest BCUT2D eigenvalue weighted by Gasteiger charge is -2.26. The molecule has 0 aromatic heterocycles. The molecule has 2 saturated carbocycles. The standard InChI is InChI=1S/C16H32O2Si/c1-5-17-19(12-16(2,3)4)18-9-8-15-11-13-6-7-14(15)10-13/h13-15,19H,5-12H2,1-4H3. The molecule has 2 rings (SSSR count). The maximum atomic E-state index is 6.14. The fraction of sp³-hybridized carbons (Fsp3) is 1.00. The number of hydrogen-bond donors (Lipinski definition) is 0. The molecule has 0 radical (unpaired) electrons. The summed E-state index contributed by atoms with van der Waals surface area (Å²) in [6.07, 6.45) is 7.26. The molecule has 0 heterocycles. The van der Waals surface area contributed by atoms with Crippen LogP contribution >= 0.6 is 0 Å². The monoisotopic (exact) mass is 284 g/mol. The van der Waals surface area contributed by atoms with Gasteiger partial charge in [0.25, 0.3) is 0 Å². The summed E-state index contributed by atoms with van der Waals surface area (Å²) >= 11 is 0. The minimum Gasteiger partial charge on any atom is -0.397 e. The zero-order valence-corrected chi connectivity index (χ0v) is 14.4. The van der Waals surface area contributed by atoms with E-state index >= 15 is 0 Å². The van der Waals surface area contributed by atoms with E-state index in [4.69, 9.17) is 8.85 Å². The van der Waals surface area contributed by atoms with Crippen molar-refractivity contribution >= 4 is 9.28 Å². The van der Waals surface area contributed by atoms with Gasteiger partial charge in [0.15, 0.2) is 0 Å². The van der Waals surface area contributed by atoms with Gasteiger partial charge in [0.05, 0.1) is 0 Å². The van der Waals surface area contributed by atoms with Crippen LogP contribution in [0.25, 0.3) is 0 Å². The molecule has 2 aliphatic carbocycles. The summed E-state index contributed by atoms with van der Waals surface area (Å²) < 4.78 is 12.0. The molecule has 112 valence electrons. The maximum Gasteiger partial charge on any atom is 0.321 e. The van der Waals surface area contributed by atoms with Crippen molar-refractivity contribution in [2.24, 2.45) is 23.2 Å². The molecular formula is C16H32O2Si. The van der Waals surface area contributed by atoms with Gasteiger partial charge in [-0.1, -0.05) is 27.2 Å². The fourth-order valence-corrected chi connectivity index (χ4v) is 6.04. The van der Waals surface area contributed by atoms with E-state index in [0.717, 1.165) is 37.0 Å². The molecular weight excluding hydrogens is 252 g/mol. The van der Waals surface area contributed by atoms with Crippen LogP contribution in [-0.2, 0) is 8.85 Å². The highest BCUT2D eigenvalue weighted by atomic mass is 28.3. The van der Waals surface area contributed by atoms with Crippen LogP contribution in [0.3, 0.4) is 0 Å². The van der Waals surface area contributed by atoms with Crippen LogP contribution < -0.4 is 0 Å². The Morgan fingerprint density at radius 1 is 1.11 bits per heavy atom. The van der Waals surface area contributed by atoms with Crippen molar-refractivity contribution in [3.8, 4) is 0 Å². The minimum absolute atomic E-state index is 0.332. The Bertz CT molecular complexity index is 274. The molecule has 0 N–H and O–H groups in total. The van der Waals surface area contributed by atoms with Gasteiger partial charge in [-0.3, -0.25) is 0 Å². The average molecular weight is 285 g/mol. The van der Waals surface area contributed by atoms with Crippen LogP contribution in [0.5, 0.6) is 0 Å². The lowest BCUT2D eigenvalue weighted by molar-refractivity contribution is 0.170. The summed E-state index contributed by atoms with van der Waals surface area (Å²) in [5.74, 6) is 3.05. The highest BCUT2D eigenvalue weighted by Gasteiger charge is 2.39. The molecule has 3 heteroatoms. The summed E-state index contributed by atoms with van der Waals surface area (Å²) in [6.45, 7) is 10.7. The van der Waals surface area contributed by atoms with E-state index in [1.54, 1.807) is 0 Å².